The largest absolute Gasteiger partial charge is 0.481 e. The van der Waals surface area contributed by atoms with Gasteiger partial charge in [-0.15, -0.1) is 0 Å². The van der Waals surface area contributed by atoms with Crippen molar-refractivity contribution in [3.05, 3.63) is 71.8 Å². The lowest BCUT2D eigenvalue weighted by Crippen LogP contribution is -2.52. The molecule has 1 saturated heterocycles. The molecule has 0 aliphatic carbocycles. The maximum Gasteiger partial charge on any atom is 0.304 e. The molecule has 1 heterocycles. The van der Waals surface area contributed by atoms with Gasteiger partial charge in [0.05, 0.1) is 6.42 Å². The monoisotopic (exact) mass is 324 g/mol. The molecular formula is C20H24N2O2. The molecule has 4 heteroatoms. The Labute approximate surface area is 143 Å². The van der Waals surface area contributed by atoms with E-state index in [2.05, 4.69) is 46.2 Å². The number of benzene rings is 2. The number of piperazine rings is 1. The molecule has 0 aromatic heterocycles. The fourth-order valence-corrected chi connectivity index (χ4v) is 3.36. The van der Waals surface area contributed by atoms with Crippen LogP contribution in [-0.2, 0) is 17.9 Å². The maximum absolute atomic E-state index is 11.3. The number of rotatable bonds is 6. The average molecular weight is 324 g/mol. The second-order valence-electron chi connectivity index (χ2n) is 6.43. The Morgan fingerprint density at radius 2 is 1.50 bits per heavy atom. The van der Waals surface area contributed by atoms with Crippen molar-refractivity contribution in [3.8, 4) is 0 Å². The van der Waals surface area contributed by atoms with E-state index in [1.165, 1.54) is 11.1 Å². The van der Waals surface area contributed by atoms with Crippen LogP contribution >= 0.6 is 0 Å². The third-order valence-corrected chi connectivity index (χ3v) is 4.58. The van der Waals surface area contributed by atoms with Gasteiger partial charge in [0.15, 0.2) is 0 Å². The highest BCUT2D eigenvalue weighted by Crippen LogP contribution is 2.18. The minimum absolute atomic E-state index is 0.0557. The van der Waals surface area contributed by atoms with Crippen LogP contribution < -0.4 is 0 Å². The standard InChI is InChI=1S/C20H24N2O2/c23-20(24)13-19-16-21(14-17-7-3-1-4-8-17)11-12-22(19)15-18-9-5-2-6-10-18/h1-10,19H,11-16H2,(H,23,24). The second-order valence-corrected chi connectivity index (χ2v) is 6.43. The number of carboxylic acid groups (broad SMARTS) is 1. The molecule has 0 amide bonds. The number of aliphatic carboxylic acids is 1. The van der Waals surface area contributed by atoms with E-state index in [1.807, 2.05) is 24.3 Å². The lowest BCUT2D eigenvalue weighted by atomic mass is 10.1. The predicted molar refractivity (Wildman–Crippen MR) is 94.6 cm³/mol. The Bertz CT molecular complexity index is 645. The molecule has 1 unspecified atom stereocenters. The average Bonchev–Trinajstić information content (AvgIpc) is 2.59. The quantitative estimate of drug-likeness (QED) is 0.887. The summed E-state index contributed by atoms with van der Waals surface area (Å²) in [6.45, 7) is 4.37. The van der Waals surface area contributed by atoms with Gasteiger partial charge in [0, 0.05) is 38.8 Å². The van der Waals surface area contributed by atoms with Crippen molar-refractivity contribution < 1.29 is 9.90 Å². The fourth-order valence-electron chi connectivity index (χ4n) is 3.36. The summed E-state index contributed by atoms with van der Waals surface area (Å²) < 4.78 is 0. The van der Waals surface area contributed by atoms with E-state index in [0.29, 0.717) is 0 Å². The van der Waals surface area contributed by atoms with Crippen LogP contribution in [0.15, 0.2) is 60.7 Å². The first-order chi connectivity index (χ1) is 11.7. The number of nitrogens with zero attached hydrogens (tertiary/aromatic N) is 2. The van der Waals surface area contributed by atoms with Gasteiger partial charge in [-0.25, -0.2) is 0 Å². The summed E-state index contributed by atoms with van der Waals surface area (Å²) in [7, 11) is 0. The van der Waals surface area contributed by atoms with Gasteiger partial charge in [-0.2, -0.15) is 0 Å². The highest BCUT2D eigenvalue weighted by molar-refractivity contribution is 5.67. The normalized spacial score (nSPS) is 19.2. The molecule has 1 N–H and O–H groups in total. The van der Waals surface area contributed by atoms with Crippen LogP contribution in [0.5, 0.6) is 0 Å². The van der Waals surface area contributed by atoms with Crippen molar-refractivity contribution in [2.45, 2.75) is 25.6 Å². The van der Waals surface area contributed by atoms with Crippen molar-refractivity contribution >= 4 is 5.97 Å². The highest BCUT2D eigenvalue weighted by atomic mass is 16.4. The highest BCUT2D eigenvalue weighted by Gasteiger charge is 2.28. The SMILES string of the molecule is O=C(O)CC1CN(Cc2ccccc2)CCN1Cc1ccccc1. The fraction of sp³-hybridized carbons (Fsp3) is 0.350. The van der Waals surface area contributed by atoms with Gasteiger partial charge in [-0.05, 0) is 11.1 Å². The molecule has 1 fully saturated rings. The van der Waals surface area contributed by atoms with Gasteiger partial charge in [-0.1, -0.05) is 60.7 Å². The lowest BCUT2D eigenvalue weighted by molar-refractivity contribution is -0.139. The van der Waals surface area contributed by atoms with E-state index in [-0.39, 0.29) is 12.5 Å². The zero-order valence-electron chi connectivity index (χ0n) is 13.8. The summed E-state index contributed by atoms with van der Waals surface area (Å²) in [6.07, 6.45) is 0.193. The van der Waals surface area contributed by atoms with Crippen molar-refractivity contribution in [1.82, 2.24) is 9.80 Å². The Morgan fingerprint density at radius 1 is 0.917 bits per heavy atom. The second kappa shape index (κ2) is 8.08. The first-order valence-corrected chi connectivity index (χ1v) is 8.47. The lowest BCUT2D eigenvalue weighted by Gasteiger charge is -2.41. The molecule has 0 saturated carbocycles. The Hall–Kier alpha value is -2.17. The number of carbonyl (C=O) groups is 1. The van der Waals surface area contributed by atoms with Crippen LogP contribution in [-0.4, -0.2) is 46.6 Å². The first-order valence-electron chi connectivity index (χ1n) is 8.47. The molecule has 4 nitrogen and oxygen atoms in total. The van der Waals surface area contributed by atoms with E-state index in [4.69, 9.17) is 0 Å². The third-order valence-electron chi connectivity index (χ3n) is 4.58. The van der Waals surface area contributed by atoms with Crippen LogP contribution in [0, 0.1) is 0 Å². The van der Waals surface area contributed by atoms with Gasteiger partial charge in [0.2, 0.25) is 0 Å². The van der Waals surface area contributed by atoms with E-state index < -0.39 is 5.97 Å². The van der Waals surface area contributed by atoms with Crippen molar-refractivity contribution in [3.63, 3.8) is 0 Å². The van der Waals surface area contributed by atoms with Crippen molar-refractivity contribution in [2.24, 2.45) is 0 Å². The van der Waals surface area contributed by atoms with Crippen LogP contribution in [0.4, 0.5) is 0 Å². The van der Waals surface area contributed by atoms with Gasteiger partial charge < -0.3 is 5.11 Å². The molecule has 0 bridgehead atoms. The summed E-state index contributed by atoms with van der Waals surface area (Å²) in [6, 6.07) is 20.7. The van der Waals surface area contributed by atoms with E-state index >= 15 is 0 Å². The molecule has 2 aromatic rings. The summed E-state index contributed by atoms with van der Waals surface area (Å²) in [4.78, 5) is 16.0. The predicted octanol–water partition coefficient (Wildman–Crippen LogP) is 2.85. The van der Waals surface area contributed by atoms with Crippen LogP contribution in [0.1, 0.15) is 17.5 Å². The summed E-state index contributed by atoms with van der Waals surface area (Å²) in [5.41, 5.74) is 2.52. The molecule has 0 spiro atoms. The minimum atomic E-state index is -0.723. The molecule has 1 atom stereocenters. The summed E-state index contributed by atoms with van der Waals surface area (Å²) in [5, 5.41) is 9.28. The molecule has 126 valence electrons. The smallest absolute Gasteiger partial charge is 0.304 e. The van der Waals surface area contributed by atoms with Gasteiger partial charge in [0.1, 0.15) is 0 Å². The Kier molecular flexibility index (Phi) is 5.62. The number of hydrogen-bond acceptors (Lipinski definition) is 3. The van der Waals surface area contributed by atoms with Crippen LogP contribution in [0.2, 0.25) is 0 Å². The van der Waals surface area contributed by atoms with Crippen LogP contribution in [0.25, 0.3) is 0 Å². The zero-order chi connectivity index (χ0) is 16.8. The molecule has 24 heavy (non-hydrogen) atoms. The molecule has 0 radical (unpaired) electrons. The zero-order valence-corrected chi connectivity index (χ0v) is 13.8. The molecular weight excluding hydrogens is 300 g/mol. The topological polar surface area (TPSA) is 43.8 Å². The molecule has 2 aromatic carbocycles. The Balaban J connectivity index is 1.65. The number of hydrogen-bond donors (Lipinski definition) is 1. The molecule has 1 aliphatic heterocycles. The van der Waals surface area contributed by atoms with Crippen molar-refractivity contribution in [1.29, 1.82) is 0 Å². The Morgan fingerprint density at radius 3 is 2.08 bits per heavy atom. The van der Waals surface area contributed by atoms with E-state index in [9.17, 15) is 9.90 Å². The summed E-state index contributed by atoms with van der Waals surface area (Å²) >= 11 is 0. The minimum Gasteiger partial charge on any atom is -0.481 e. The first kappa shape index (κ1) is 16.7. The van der Waals surface area contributed by atoms with Gasteiger partial charge in [0.25, 0.3) is 0 Å². The van der Waals surface area contributed by atoms with E-state index in [0.717, 1.165) is 32.7 Å². The van der Waals surface area contributed by atoms with Crippen LogP contribution in [0.3, 0.4) is 0 Å². The van der Waals surface area contributed by atoms with Gasteiger partial charge >= 0.3 is 5.97 Å². The molecule has 3 rings (SSSR count). The molecule has 1 aliphatic rings. The van der Waals surface area contributed by atoms with E-state index in [1.54, 1.807) is 0 Å². The number of carboxylic acids is 1. The van der Waals surface area contributed by atoms with Crippen molar-refractivity contribution in [2.75, 3.05) is 19.6 Å². The summed E-state index contributed by atoms with van der Waals surface area (Å²) in [5.74, 6) is -0.723. The van der Waals surface area contributed by atoms with Gasteiger partial charge in [-0.3, -0.25) is 14.6 Å². The maximum atomic E-state index is 11.3. The third kappa shape index (κ3) is 4.66.